The second-order valence-corrected chi connectivity index (χ2v) is 3.80. The molecule has 0 aliphatic carbocycles. The van der Waals surface area contributed by atoms with E-state index >= 15 is 0 Å². The molecule has 0 saturated carbocycles. The van der Waals surface area contributed by atoms with Crippen molar-refractivity contribution in [1.82, 2.24) is 5.32 Å². The number of hydrogen-bond acceptors (Lipinski definition) is 2. The van der Waals surface area contributed by atoms with E-state index in [4.69, 9.17) is 4.74 Å². The number of rotatable bonds is 6. The molecule has 1 aromatic carbocycles. The largest absolute Gasteiger partial charge is 0.526 e. The van der Waals surface area contributed by atoms with Gasteiger partial charge in [0.2, 0.25) is 0 Å². The molecular formula is C12H16NO2Y-. The number of nitrogens with one attached hydrogen (secondary N) is 1. The summed E-state index contributed by atoms with van der Waals surface area (Å²) in [5, 5.41) is 2.49. The number of amides is 1. The summed E-state index contributed by atoms with van der Waals surface area (Å²) in [6.07, 6.45) is 1.64. The number of hydrogen-bond donors (Lipinski definition) is 1. The van der Waals surface area contributed by atoms with Gasteiger partial charge in [-0.15, -0.1) is 0 Å². The van der Waals surface area contributed by atoms with Crippen molar-refractivity contribution >= 4 is 6.41 Å². The molecule has 0 unspecified atom stereocenters. The van der Waals surface area contributed by atoms with Gasteiger partial charge in [-0.1, -0.05) is 26.0 Å². The standard InChI is InChI=1S/C12H16NO2.Y/c1-10(2)8-15-12-5-3-11(4-6-12)7-13-9-14;/h3-6,10H,7-8H2,1-2H3,(H,13,14);/q-1;. The van der Waals surface area contributed by atoms with Crippen molar-refractivity contribution in [3.8, 4) is 5.75 Å². The minimum atomic E-state index is 0. The van der Waals surface area contributed by atoms with Crippen molar-refractivity contribution in [3.05, 3.63) is 29.8 Å². The van der Waals surface area contributed by atoms with Crippen LogP contribution in [-0.4, -0.2) is 13.0 Å². The molecule has 1 amide bonds. The zero-order valence-corrected chi connectivity index (χ0v) is 12.5. The molecule has 1 aromatic rings. The Hall–Kier alpha value is -0.406. The maximum absolute atomic E-state index is 9.96. The Morgan fingerprint density at radius 1 is 1.31 bits per heavy atom. The molecule has 1 N–H and O–H groups in total. The Morgan fingerprint density at radius 3 is 2.44 bits per heavy atom. The van der Waals surface area contributed by atoms with E-state index in [1.54, 1.807) is 6.41 Å². The first-order valence-corrected chi connectivity index (χ1v) is 5.04. The van der Waals surface area contributed by atoms with Gasteiger partial charge < -0.3 is 14.8 Å². The summed E-state index contributed by atoms with van der Waals surface area (Å²) in [5.41, 5.74) is 1.04. The third-order valence-electron chi connectivity index (χ3n) is 1.87. The molecule has 0 aliphatic heterocycles. The van der Waals surface area contributed by atoms with Crippen molar-refractivity contribution < 1.29 is 42.2 Å². The van der Waals surface area contributed by atoms with Crippen LogP contribution in [0.1, 0.15) is 19.4 Å². The quantitative estimate of drug-likeness (QED) is 0.643. The first-order chi connectivity index (χ1) is 7.22. The topological polar surface area (TPSA) is 38.3 Å². The van der Waals surface area contributed by atoms with Gasteiger partial charge in [-0.3, -0.25) is 0 Å². The van der Waals surface area contributed by atoms with E-state index in [0.29, 0.717) is 12.5 Å². The molecule has 1 rings (SSSR count). The average molecular weight is 295 g/mol. The van der Waals surface area contributed by atoms with Crippen LogP contribution in [0.5, 0.6) is 5.75 Å². The van der Waals surface area contributed by atoms with Gasteiger partial charge in [-0.05, 0) is 23.6 Å². The molecule has 0 atom stereocenters. The van der Waals surface area contributed by atoms with Gasteiger partial charge in [0.25, 0.3) is 0 Å². The van der Waals surface area contributed by atoms with Crippen LogP contribution in [0.4, 0.5) is 0 Å². The normalized spacial score (nSPS) is 9.44. The number of carbonyl (C=O) groups excluding carboxylic acids is 1. The zero-order chi connectivity index (χ0) is 11.1. The second-order valence-electron chi connectivity index (χ2n) is 3.80. The van der Waals surface area contributed by atoms with E-state index in [-0.39, 0.29) is 32.7 Å². The van der Waals surface area contributed by atoms with Gasteiger partial charge >= 0.3 is 0 Å². The Balaban J connectivity index is 0.00000225. The van der Waals surface area contributed by atoms with Crippen LogP contribution in [0, 0.1) is 5.92 Å². The van der Waals surface area contributed by atoms with E-state index in [1.807, 2.05) is 24.3 Å². The number of benzene rings is 1. The minimum absolute atomic E-state index is 0. The van der Waals surface area contributed by atoms with Crippen LogP contribution in [0.3, 0.4) is 0 Å². The van der Waals surface area contributed by atoms with Gasteiger partial charge in [0.15, 0.2) is 0 Å². The number of ether oxygens (including phenoxy) is 1. The van der Waals surface area contributed by atoms with Crippen molar-refractivity contribution in [3.63, 3.8) is 0 Å². The summed E-state index contributed by atoms with van der Waals surface area (Å²) < 4.78 is 5.53. The minimum Gasteiger partial charge on any atom is -0.526 e. The Morgan fingerprint density at radius 2 is 1.94 bits per heavy atom. The van der Waals surface area contributed by atoms with E-state index in [9.17, 15) is 4.79 Å². The van der Waals surface area contributed by atoms with Gasteiger partial charge in [0.1, 0.15) is 5.75 Å². The van der Waals surface area contributed by atoms with Crippen LogP contribution in [0.2, 0.25) is 0 Å². The molecule has 85 valence electrons. The average Bonchev–Trinajstić information content (AvgIpc) is 2.25. The molecule has 3 nitrogen and oxygen atoms in total. The van der Waals surface area contributed by atoms with E-state index in [1.165, 1.54) is 0 Å². The molecule has 4 heteroatoms. The predicted octanol–water partition coefficient (Wildman–Crippen LogP) is 1.88. The summed E-state index contributed by atoms with van der Waals surface area (Å²) in [4.78, 5) is 9.96. The van der Waals surface area contributed by atoms with Crippen molar-refractivity contribution in [2.75, 3.05) is 6.61 Å². The van der Waals surface area contributed by atoms with Gasteiger partial charge in [-0.25, -0.2) is 0 Å². The van der Waals surface area contributed by atoms with E-state index in [0.717, 1.165) is 17.9 Å². The molecule has 0 aliphatic rings. The molecule has 0 aromatic heterocycles. The summed E-state index contributed by atoms with van der Waals surface area (Å²) >= 11 is 0. The van der Waals surface area contributed by atoms with Crippen LogP contribution < -0.4 is 10.1 Å². The smallest absolute Gasteiger partial charge is 0.119 e. The molecule has 0 spiro atoms. The Labute approximate surface area is 122 Å². The molecule has 0 bridgehead atoms. The van der Waals surface area contributed by atoms with Gasteiger partial charge in [-0.2, -0.15) is 6.41 Å². The fourth-order valence-electron chi connectivity index (χ4n) is 1.10. The van der Waals surface area contributed by atoms with Gasteiger partial charge in [0, 0.05) is 39.3 Å². The third-order valence-corrected chi connectivity index (χ3v) is 1.87. The first kappa shape index (κ1) is 15.6. The van der Waals surface area contributed by atoms with Crippen LogP contribution in [0.25, 0.3) is 0 Å². The zero-order valence-electron chi connectivity index (χ0n) is 9.69. The summed E-state index contributed by atoms with van der Waals surface area (Å²) in [6.45, 7) is 5.45. The van der Waals surface area contributed by atoms with Crippen LogP contribution in [0.15, 0.2) is 24.3 Å². The van der Waals surface area contributed by atoms with Crippen molar-refractivity contribution in [2.45, 2.75) is 20.4 Å². The Kier molecular flexibility index (Phi) is 8.49. The maximum atomic E-state index is 9.96. The first-order valence-electron chi connectivity index (χ1n) is 5.04. The molecular weight excluding hydrogens is 279 g/mol. The fourth-order valence-corrected chi connectivity index (χ4v) is 1.10. The Bertz CT molecular complexity index is 298. The monoisotopic (exact) mass is 295 g/mol. The van der Waals surface area contributed by atoms with E-state index < -0.39 is 0 Å². The molecule has 0 saturated heterocycles. The third kappa shape index (κ3) is 6.24. The second kappa shape index (κ2) is 8.71. The summed E-state index contributed by atoms with van der Waals surface area (Å²) in [7, 11) is 0. The van der Waals surface area contributed by atoms with Crippen LogP contribution >= 0.6 is 0 Å². The van der Waals surface area contributed by atoms with Crippen molar-refractivity contribution in [2.24, 2.45) is 5.92 Å². The van der Waals surface area contributed by atoms with Crippen LogP contribution in [-0.2, 0) is 44.0 Å². The fraction of sp³-hybridized carbons (Fsp3) is 0.417. The summed E-state index contributed by atoms with van der Waals surface area (Å²) in [6, 6.07) is 7.67. The molecule has 0 heterocycles. The molecule has 16 heavy (non-hydrogen) atoms. The van der Waals surface area contributed by atoms with Crippen molar-refractivity contribution in [1.29, 1.82) is 0 Å². The van der Waals surface area contributed by atoms with E-state index in [2.05, 4.69) is 19.2 Å². The SMILES string of the molecule is CC(C)COc1ccc(CN[C-]=O)cc1.[Y]. The molecule has 1 radical (unpaired) electrons. The maximum Gasteiger partial charge on any atom is 0.119 e. The van der Waals surface area contributed by atoms with Gasteiger partial charge in [0.05, 0.1) is 6.61 Å². The predicted molar refractivity (Wildman–Crippen MR) is 59.3 cm³/mol. The molecule has 0 fully saturated rings. The summed E-state index contributed by atoms with van der Waals surface area (Å²) in [5.74, 6) is 1.39.